The molecule has 2 heteroatoms. The Morgan fingerprint density at radius 1 is 1.17 bits per heavy atom. The molecule has 1 saturated heterocycles. The summed E-state index contributed by atoms with van der Waals surface area (Å²) in [5, 5.41) is 0. The predicted molar refractivity (Wildman–Crippen MR) is 72.5 cm³/mol. The Kier molecular flexibility index (Phi) is 2.98. The molecule has 4 atom stereocenters. The molecule has 2 nitrogen and oxygen atoms in total. The maximum absolute atomic E-state index is 11.7. The van der Waals surface area contributed by atoms with Gasteiger partial charge in [0, 0.05) is 36.9 Å². The van der Waals surface area contributed by atoms with Crippen LogP contribution in [0, 0.1) is 5.92 Å². The second kappa shape index (κ2) is 4.51. The Morgan fingerprint density at radius 2 is 1.89 bits per heavy atom. The lowest BCUT2D eigenvalue weighted by molar-refractivity contribution is -0.128. The van der Waals surface area contributed by atoms with Gasteiger partial charge in [0.1, 0.15) is 5.78 Å². The molecule has 0 aromatic heterocycles. The van der Waals surface area contributed by atoms with Gasteiger partial charge >= 0.3 is 0 Å². The molecule has 2 aliphatic rings. The summed E-state index contributed by atoms with van der Waals surface area (Å²) in [4.78, 5) is 14.3. The van der Waals surface area contributed by atoms with Crippen LogP contribution in [0.15, 0.2) is 30.3 Å². The molecule has 0 bridgehead atoms. The fourth-order valence-electron chi connectivity index (χ4n) is 3.30. The molecule has 0 spiro atoms. The molecule has 0 amide bonds. The van der Waals surface area contributed by atoms with Crippen molar-refractivity contribution < 1.29 is 4.79 Å². The maximum Gasteiger partial charge on any atom is 0.138 e. The number of ketones is 1. The van der Waals surface area contributed by atoms with E-state index in [0.717, 1.165) is 13.0 Å². The monoisotopic (exact) mass is 243 g/mol. The van der Waals surface area contributed by atoms with E-state index in [0.29, 0.717) is 23.8 Å². The minimum Gasteiger partial charge on any atom is -0.299 e. The van der Waals surface area contributed by atoms with E-state index in [-0.39, 0.29) is 5.92 Å². The van der Waals surface area contributed by atoms with Crippen LogP contribution in [-0.4, -0.2) is 29.3 Å². The molecule has 1 aromatic rings. The van der Waals surface area contributed by atoms with Crippen molar-refractivity contribution in [3.05, 3.63) is 35.9 Å². The van der Waals surface area contributed by atoms with Crippen molar-refractivity contribution in [2.45, 2.75) is 44.7 Å². The van der Waals surface area contributed by atoms with Gasteiger partial charge < -0.3 is 0 Å². The van der Waals surface area contributed by atoms with E-state index in [1.807, 2.05) is 0 Å². The van der Waals surface area contributed by atoms with Gasteiger partial charge in [-0.1, -0.05) is 37.3 Å². The summed E-state index contributed by atoms with van der Waals surface area (Å²) in [7, 11) is 0. The van der Waals surface area contributed by atoms with Crippen molar-refractivity contribution in [2.75, 3.05) is 6.54 Å². The molecule has 1 saturated carbocycles. The molecule has 96 valence electrons. The van der Waals surface area contributed by atoms with E-state index in [4.69, 9.17) is 0 Å². The fraction of sp³-hybridized carbons (Fsp3) is 0.562. The summed E-state index contributed by atoms with van der Waals surface area (Å²) in [5.41, 5.74) is 1.46. The van der Waals surface area contributed by atoms with Crippen molar-refractivity contribution in [2.24, 2.45) is 5.92 Å². The van der Waals surface area contributed by atoms with E-state index >= 15 is 0 Å². The topological polar surface area (TPSA) is 20.3 Å². The van der Waals surface area contributed by atoms with Gasteiger partial charge in [-0.2, -0.15) is 0 Å². The van der Waals surface area contributed by atoms with Crippen LogP contribution in [0.2, 0.25) is 0 Å². The second-order valence-corrected chi connectivity index (χ2v) is 5.80. The largest absolute Gasteiger partial charge is 0.299 e. The molecular formula is C16H21NO. The molecule has 1 aliphatic carbocycles. The summed E-state index contributed by atoms with van der Waals surface area (Å²) in [6.07, 6.45) is 2.00. The van der Waals surface area contributed by atoms with Crippen molar-refractivity contribution in [1.29, 1.82) is 0 Å². The van der Waals surface area contributed by atoms with Gasteiger partial charge in [-0.05, 0) is 18.9 Å². The van der Waals surface area contributed by atoms with E-state index in [1.165, 1.54) is 12.0 Å². The molecule has 1 aliphatic heterocycles. The molecule has 1 heterocycles. The van der Waals surface area contributed by atoms with Crippen LogP contribution in [0.1, 0.15) is 38.2 Å². The minimum atomic E-state index is 0.204. The summed E-state index contributed by atoms with van der Waals surface area (Å²) < 4.78 is 0. The summed E-state index contributed by atoms with van der Waals surface area (Å²) in [6, 6.07) is 11.8. The van der Waals surface area contributed by atoms with Gasteiger partial charge in [0.15, 0.2) is 0 Å². The van der Waals surface area contributed by atoms with Gasteiger partial charge in [-0.25, -0.2) is 0 Å². The molecule has 18 heavy (non-hydrogen) atoms. The number of piperidine rings is 1. The Labute approximate surface area is 109 Å². The Hall–Kier alpha value is -1.15. The standard InChI is InChI=1S/C16H21NO/c1-11-12(2)17(9-8-16(11)18)15-10-14(15)13-6-4-3-5-7-13/h3-7,11-12,14-15H,8-10H2,1-2H3. The number of Topliss-reactive ketones (excluding diaryl/α,β-unsaturated/α-hetero) is 1. The molecule has 3 rings (SSSR count). The lowest BCUT2D eigenvalue weighted by atomic mass is 9.90. The van der Waals surface area contributed by atoms with Crippen molar-refractivity contribution in [3.8, 4) is 0 Å². The normalized spacial score (nSPS) is 36.7. The summed E-state index contributed by atoms with van der Waals surface area (Å²) in [6.45, 7) is 5.25. The first-order chi connectivity index (χ1) is 8.68. The zero-order chi connectivity index (χ0) is 12.7. The zero-order valence-electron chi connectivity index (χ0n) is 11.2. The van der Waals surface area contributed by atoms with Gasteiger partial charge in [-0.3, -0.25) is 9.69 Å². The lowest BCUT2D eigenvalue weighted by Crippen LogP contribution is -2.48. The smallest absolute Gasteiger partial charge is 0.138 e. The lowest BCUT2D eigenvalue weighted by Gasteiger charge is -2.37. The van der Waals surface area contributed by atoms with Gasteiger partial charge in [0.25, 0.3) is 0 Å². The van der Waals surface area contributed by atoms with Crippen LogP contribution in [0.5, 0.6) is 0 Å². The zero-order valence-corrected chi connectivity index (χ0v) is 11.2. The van der Waals surface area contributed by atoms with Crippen molar-refractivity contribution >= 4 is 5.78 Å². The number of rotatable bonds is 2. The average Bonchev–Trinajstić information content (AvgIpc) is 3.17. The highest BCUT2D eigenvalue weighted by molar-refractivity contribution is 5.82. The summed E-state index contributed by atoms with van der Waals surface area (Å²) in [5.74, 6) is 1.33. The van der Waals surface area contributed by atoms with E-state index in [2.05, 4.69) is 49.1 Å². The molecule has 1 aromatic carbocycles. The molecule has 2 fully saturated rings. The third-order valence-electron chi connectivity index (χ3n) is 4.78. The quantitative estimate of drug-likeness (QED) is 0.796. The van der Waals surface area contributed by atoms with Gasteiger partial charge in [0.2, 0.25) is 0 Å². The maximum atomic E-state index is 11.7. The highest BCUT2D eigenvalue weighted by Crippen LogP contribution is 2.46. The van der Waals surface area contributed by atoms with Crippen molar-refractivity contribution in [3.63, 3.8) is 0 Å². The highest BCUT2D eigenvalue weighted by atomic mass is 16.1. The highest BCUT2D eigenvalue weighted by Gasteiger charge is 2.46. The number of carbonyl (C=O) groups is 1. The van der Waals surface area contributed by atoms with Gasteiger partial charge in [0.05, 0.1) is 0 Å². The van der Waals surface area contributed by atoms with Gasteiger partial charge in [-0.15, -0.1) is 0 Å². The number of likely N-dealkylation sites (tertiary alicyclic amines) is 1. The minimum absolute atomic E-state index is 0.204. The fourth-order valence-corrected chi connectivity index (χ4v) is 3.30. The van der Waals surface area contributed by atoms with Crippen LogP contribution < -0.4 is 0 Å². The van der Waals surface area contributed by atoms with Crippen LogP contribution in [-0.2, 0) is 4.79 Å². The number of hydrogen-bond donors (Lipinski definition) is 0. The second-order valence-electron chi connectivity index (χ2n) is 5.80. The Balaban J connectivity index is 1.70. The van der Waals surface area contributed by atoms with Crippen LogP contribution >= 0.6 is 0 Å². The molecule has 4 unspecified atom stereocenters. The third-order valence-corrected chi connectivity index (χ3v) is 4.78. The summed E-state index contributed by atoms with van der Waals surface area (Å²) >= 11 is 0. The van der Waals surface area contributed by atoms with E-state index < -0.39 is 0 Å². The molecule has 0 radical (unpaired) electrons. The Bertz CT molecular complexity index is 442. The van der Waals surface area contributed by atoms with Crippen molar-refractivity contribution in [1.82, 2.24) is 4.90 Å². The number of carbonyl (C=O) groups excluding carboxylic acids is 1. The Morgan fingerprint density at radius 3 is 2.61 bits per heavy atom. The average molecular weight is 243 g/mol. The van der Waals surface area contributed by atoms with Crippen LogP contribution in [0.3, 0.4) is 0 Å². The first kappa shape index (κ1) is 11.9. The third kappa shape index (κ3) is 1.99. The number of hydrogen-bond acceptors (Lipinski definition) is 2. The first-order valence-electron chi connectivity index (χ1n) is 7.02. The van der Waals surface area contributed by atoms with E-state index in [9.17, 15) is 4.79 Å². The molecule has 0 N–H and O–H groups in total. The SMILES string of the molecule is CC1C(=O)CCN(C2CC2c2ccccc2)C1C. The number of nitrogens with zero attached hydrogens (tertiary/aromatic N) is 1. The van der Waals surface area contributed by atoms with E-state index in [1.54, 1.807) is 0 Å². The van der Waals surface area contributed by atoms with Crippen LogP contribution in [0.4, 0.5) is 0 Å². The number of benzene rings is 1. The first-order valence-corrected chi connectivity index (χ1v) is 7.02. The molecular weight excluding hydrogens is 222 g/mol. The van der Waals surface area contributed by atoms with Crippen LogP contribution in [0.25, 0.3) is 0 Å². The predicted octanol–water partition coefficient (Wildman–Crippen LogP) is 2.84.